The van der Waals surface area contributed by atoms with Crippen LogP contribution in [0, 0.1) is 0 Å². The molecule has 0 saturated carbocycles. The van der Waals surface area contributed by atoms with Crippen LogP contribution in [-0.2, 0) is 9.53 Å². The molecule has 0 bridgehead atoms. The van der Waals surface area contributed by atoms with Gasteiger partial charge in [0, 0.05) is 60.0 Å². The minimum Gasteiger partial charge on any atom is -0.385 e. The van der Waals surface area contributed by atoms with Gasteiger partial charge >= 0.3 is 0 Å². The second-order valence-corrected chi connectivity index (χ2v) is 6.23. The highest BCUT2D eigenvalue weighted by Gasteiger charge is 2.19. The maximum atomic E-state index is 11.7. The number of carbonyl (C=O) groups excluding carboxylic acids is 1. The van der Waals surface area contributed by atoms with Gasteiger partial charge in [-0.15, -0.1) is 6.58 Å². The average molecular weight is 339 g/mol. The van der Waals surface area contributed by atoms with Crippen molar-refractivity contribution in [1.29, 1.82) is 0 Å². The highest BCUT2D eigenvalue weighted by atomic mass is 16.5. The molecule has 24 heavy (non-hydrogen) atoms. The van der Waals surface area contributed by atoms with Crippen LogP contribution in [0.15, 0.2) is 17.6 Å². The lowest BCUT2D eigenvalue weighted by Crippen LogP contribution is -2.49. The zero-order valence-corrected chi connectivity index (χ0v) is 15.4. The van der Waals surface area contributed by atoms with E-state index in [4.69, 9.17) is 4.74 Å². The van der Waals surface area contributed by atoms with Gasteiger partial charge in [0.2, 0.25) is 5.91 Å². The number of hydrogen-bond donors (Lipinski definition) is 2. The summed E-state index contributed by atoms with van der Waals surface area (Å²) in [5.41, 5.74) is 0. The van der Waals surface area contributed by atoms with E-state index in [0.717, 1.165) is 45.5 Å². The topological polar surface area (TPSA) is 69.2 Å². The fourth-order valence-corrected chi connectivity index (χ4v) is 2.54. The number of methoxy groups -OCH3 is 1. The van der Waals surface area contributed by atoms with E-state index in [2.05, 4.69) is 27.1 Å². The molecule has 7 heteroatoms. The summed E-state index contributed by atoms with van der Waals surface area (Å²) in [7, 11) is 5.22. The lowest BCUT2D eigenvalue weighted by Gasteiger charge is -2.33. The zero-order chi connectivity index (χ0) is 17.8. The number of guanidine groups is 1. The van der Waals surface area contributed by atoms with Gasteiger partial charge in [-0.3, -0.25) is 4.79 Å². The lowest BCUT2D eigenvalue weighted by atomic mass is 10.1. The summed E-state index contributed by atoms with van der Waals surface area (Å²) in [6, 6.07) is 0.384. The number of aliphatic imine (C=N–C) groups is 1. The molecule has 138 valence electrons. The molecule has 0 aromatic heterocycles. The third-order valence-electron chi connectivity index (χ3n) is 4.04. The van der Waals surface area contributed by atoms with E-state index in [-0.39, 0.29) is 12.5 Å². The first-order chi connectivity index (χ1) is 11.6. The highest BCUT2D eigenvalue weighted by molar-refractivity contribution is 5.85. The highest BCUT2D eigenvalue weighted by Crippen LogP contribution is 2.10. The molecule has 1 aliphatic heterocycles. The van der Waals surface area contributed by atoms with Crippen LogP contribution in [-0.4, -0.2) is 88.2 Å². The molecule has 1 rings (SSSR count). The minimum absolute atomic E-state index is 0.0114. The van der Waals surface area contributed by atoms with Crippen LogP contribution in [0.5, 0.6) is 0 Å². The number of hydrogen-bond acceptors (Lipinski definition) is 4. The minimum atomic E-state index is -0.0114. The Labute approximate surface area is 146 Å². The number of carbonyl (C=O) groups is 1. The standard InChI is InChI=1S/C17H33N5O2/c1-5-9-18-17(19-14-16(23)21(2)3)20-15-7-11-22(12-8-15)10-6-13-24-4/h5,15H,1,6-14H2,2-4H3,(H2,18,19,20). The molecule has 0 unspecified atom stereocenters. The van der Waals surface area contributed by atoms with Gasteiger partial charge in [0.1, 0.15) is 6.54 Å². The molecule has 1 amide bonds. The third-order valence-corrected chi connectivity index (χ3v) is 4.04. The first-order valence-electron chi connectivity index (χ1n) is 8.64. The summed E-state index contributed by atoms with van der Waals surface area (Å²) in [6.07, 6.45) is 5.00. The SMILES string of the molecule is C=CCNC(=NCC(=O)N(C)C)NC1CCN(CCCOC)CC1. The smallest absolute Gasteiger partial charge is 0.243 e. The molecule has 0 aromatic carbocycles. The monoisotopic (exact) mass is 339 g/mol. The summed E-state index contributed by atoms with van der Waals surface area (Å²) >= 11 is 0. The van der Waals surface area contributed by atoms with E-state index >= 15 is 0 Å². The van der Waals surface area contributed by atoms with Crippen molar-refractivity contribution in [3.8, 4) is 0 Å². The number of nitrogens with zero attached hydrogens (tertiary/aromatic N) is 3. The molecule has 1 aliphatic rings. The first kappa shape index (κ1) is 20.4. The zero-order valence-electron chi connectivity index (χ0n) is 15.4. The van der Waals surface area contributed by atoms with Gasteiger partial charge in [0.15, 0.2) is 5.96 Å². The van der Waals surface area contributed by atoms with Gasteiger partial charge in [-0.25, -0.2) is 4.99 Å². The molecule has 0 aromatic rings. The van der Waals surface area contributed by atoms with Crippen molar-refractivity contribution in [2.24, 2.45) is 4.99 Å². The molecule has 7 nitrogen and oxygen atoms in total. The number of likely N-dealkylation sites (N-methyl/N-ethyl adjacent to an activating group) is 1. The molecule has 1 fully saturated rings. The Morgan fingerprint density at radius 2 is 2.12 bits per heavy atom. The van der Waals surface area contributed by atoms with Gasteiger partial charge in [-0.05, 0) is 19.3 Å². The Kier molecular flexibility index (Phi) is 10.1. The van der Waals surface area contributed by atoms with E-state index in [0.29, 0.717) is 18.5 Å². The van der Waals surface area contributed by atoms with Gasteiger partial charge < -0.3 is 25.2 Å². The van der Waals surface area contributed by atoms with Crippen LogP contribution >= 0.6 is 0 Å². The van der Waals surface area contributed by atoms with Crippen molar-refractivity contribution in [3.63, 3.8) is 0 Å². The normalized spacial score (nSPS) is 16.7. The maximum Gasteiger partial charge on any atom is 0.243 e. The van der Waals surface area contributed by atoms with Crippen molar-refractivity contribution in [3.05, 3.63) is 12.7 Å². The number of nitrogens with one attached hydrogen (secondary N) is 2. The van der Waals surface area contributed by atoms with Crippen molar-refractivity contribution in [2.45, 2.75) is 25.3 Å². The predicted molar refractivity (Wildman–Crippen MR) is 98.3 cm³/mol. The Hall–Kier alpha value is -1.60. The first-order valence-corrected chi connectivity index (χ1v) is 8.64. The van der Waals surface area contributed by atoms with Crippen LogP contribution in [0.25, 0.3) is 0 Å². The average Bonchev–Trinajstić information content (AvgIpc) is 2.58. The van der Waals surface area contributed by atoms with Gasteiger partial charge in [0.25, 0.3) is 0 Å². The molecule has 2 N–H and O–H groups in total. The second-order valence-electron chi connectivity index (χ2n) is 6.23. The van der Waals surface area contributed by atoms with Crippen molar-refractivity contribution in [1.82, 2.24) is 20.4 Å². The molecular weight excluding hydrogens is 306 g/mol. The molecule has 0 radical (unpaired) electrons. The summed E-state index contributed by atoms with van der Waals surface area (Å²) in [6.45, 7) is 8.54. The summed E-state index contributed by atoms with van der Waals surface area (Å²) < 4.78 is 5.11. The number of amides is 1. The number of likely N-dealkylation sites (tertiary alicyclic amines) is 1. The number of piperidine rings is 1. The Bertz CT molecular complexity index is 404. The van der Waals surface area contributed by atoms with Crippen LogP contribution < -0.4 is 10.6 Å². The van der Waals surface area contributed by atoms with Crippen LogP contribution in [0.2, 0.25) is 0 Å². The van der Waals surface area contributed by atoms with Gasteiger partial charge in [0.05, 0.1) is 0 Å². The Morgan fingerprint density at radius 3 is 2.71 bits per heavy atom. The Balaban J connectivity index is 2.42. The molecule has 0 atom stereocenters. The van der Waals surface area contributed by atoms with Gasteiger partial charge in [-0.1, -0.05) is 6.08 Å². The van der Waals surface area contributed by atoms with Crippen molar-refractivity contribution in [2.75, 3.05) is 60.5 Å². The van der Waals surface area contributed by atoms with E-state index in [1.165, 1.54) is 0 Å². The summed E-state index contributed by atoms with van der Waals surface area (Å²) in [5, 5.41) is 6.63. The van der Waals surface area contributed by atoms with Crippen LogP contribution in [0.1, 0.15) is 19.3 Å². The largest absolute Gasteiger partial charge is 0.385 e. The molecular formula is C17H33N5O2. The second kappa shape index (κ2) is 11.9. The van der Waals surface area contributed by atoms with Crippen molar-refractivity contribution >= 4 is 11.9 Å². The third kappa shape index (κ3) is 8.31. The number of rotatable bonds is 9. The Morgan fingerprint density at radius 1 is 1.42 bits per heavy atom. The van der Waals surface area contributed by atoms with Crippen molar-refractivity contribution < 1.29 is 9.53 Å². The predicted octanol–water partition coefficient (Wildman–Crippen LogP) is 0.297. The van der Waals surface area contributed by atoms with E-state index in [1.54, 1.807) is 32.2 Å². The molecule has 1 heterocycles. The quantitative estimate of drug-likeness (QED) is 0.274. The fourth-order valence-electron chi connectivity index (χ4n) is 2.54. The summed E-state index contributed by atoms with van der Waals surface area (Å²) in [5.74, 6) is 0.672. The molecule has 0 spiro atoms. The lowest BCUT2D eigenvalue weighted by molar-refractivity contribution is -0.127. The molecule has 1 saturated heterocycles. The van der Waals surface area contributed by atoms with Gasteiger partial charge in [-0.2, -0.15) is 0 Å². The van der Waals surface area contributed by atoms with E-state index < -0.39 is 0 Å². The van der Waals surface area contributed by atoms with E-state index in [9.17, 15) is 4.79 Å². The number of ether oxygens (including phenoxy) is 1. The maximum absolute atomic E-state index is 11.7. The van der Waals surface area contributed by atoms with Crippen LogP contribution in [0.4, 0.5) is 0 Å². The fraction of sp³-hybridized carbons (Fsp3) is 0.765. The van der Waals surface area contributed by atoms with E-state index in [1.807, 2.05) is 0 Å². The molecule has 0 aliphatic carbocycles. The summed E-state index contributed by atoms with van der Waals surface area (Å²) in [4.78, 5) is 20.1. The van der Waals surface area contributed by atoms with Crippen LogP contribution in [0.3, 0.4) is 0 Å².